The van der Waals surface area contributed by atoms with Crippen LogP contribution in [0.3, 0.4) is 0 Å². The molecule has 1 aliphatic rings. The summed E-state index contributed by atoms with van der Waals surface area (Å²) in [6.07, 6.45) is 4.76. The summed E-state index contributed by atoms with van der Waals surface area (Å²) in [5.41, 5.74) is 0. The highest BCUT2D eigenvalue weighted by atomic mass is 127. The van der Waals surface area contributed by atoms with Crippen molar-refractivity contribution in [1.82, 2.24) is 10.2 Å². The molecule has 1 N–H and O–H groups in total. The van der Waals surface area contributed by atoms with E-state index in [1.165, 1.54) is 25.9 Å². The largest absolute Gasteiger partial charge is 0.357 e. The number of nitrogens with one attached hydrogen (secondary N) is 1. The maximum Gasteiger partial charge on any atom is 0.193 e. The van der Waals surface area contributed by atoms with Crippen molar-refractivity contribution in [3.63, 3.8) is 0 Å². The number of guanidine groups is 1. The van der Waals surface area contributed by atoms with Gasteiger partial charge >= 0.3 is 0 Å². The van der Waals surface area contributed by atoms with Crippen molar-refractivity contribution in [2.24, 2.45) is 4.99 Å². The number of thioether (sulfide) groups is 1. The second kappa shape index (κ2) is 9.39. The Bertz CT molecular complexity index is 205. The van der Waals surface area contributed by atoms with Gasteiger partial charge in [-0.15, -0.1) is 24.0 Å². The molecule has 0 aromatic carbocycles. The lowest BCUT2D eigenvalue weighted by Gasteiger charge is -2.21. The van der Waals surface area contributed by atoms with E-state index in [4.69, 9.17) is 0 Å². The van der Waals surface area contributed by atoms with Gasteiger partial charge in [0.2, 0.25) is 0 Å². The molecule has 1 fully saturated rings. The van der Waals surface area contributed by atoms with E-state index in [2.05, 4.69) is 35.3 Å². The number of rotatable bonds is 4. The first kappa shape index (κ1) is 16.4. The molecule has 0 radical (unpaired) electrons. The van der Waals surface area contributed by atoms with Crippen molar-refractivity contribution in [2.45, 2.75) is 31.9 Å². The topological polar surface area (TPSA) is 27.6 Å². The summed E-state index contributed by atoms with van der Waals surface area (Å²) < 4.78 is 0. The molecule has 0 amide bonds. The van der Waals surface area contributed by atoms with Gasteiger partial charge in [0.05, 0.1) is 6.54 Å². The Balaban J connectivity index is 0.00000225. The Kier molecular flexibility index (Phi) is 9.59. The summed E-state index contributed by atoms with van der Waals surface area (Å²) in [4.78, 5) is 7.05. The molecule has 0 aromatic rings. The van der Waals surface area contributed by atoms with E-state index in [0.29, 0.717) is 5.25 Å². The highest BCUT2D eigenvalue weighted by Gasteiger charge is 2.15. The maximum absolute atomic E-state index is 4.68. The maximum atomic E-state index is 4.68. The molecule has 0 saturated carbocycles. The molecule has 0 bridgehead atoms. The van der Waals surface area contributed by atoms with Crippen LogP contribution in [0.1, 0.15) is 26.7 Å². The molecule has 1 atom stereocenters. The molecule has 1 aliphatic heterocycles. The number of hydrogen-bond donors (Lipinski definition) is 1. The van der Waals surface area contributed by atoms with Gasteiger partial charge in [0.15, 0.2) is 5.96 Å². The monoisotopic (exact) mass is 357 g/mol. The molecule has 96 valence electrons. The number of nitrogens with zero attached hydrogens (tertiary/aromatic N) is 2. The van der Waals surface area contributed by atoms with E-state index in [0.717, 1.165) is 19.0 Å². The normalized spacial score (nSPS) is 18.2. The molecule has 1 rings (SSSR count). The molecular formula is C11H24IN3S. The quantitative estimate of drug-likeness (QED) is 0.476. The molecule has 1 saturated heterocycles. The second-order valence-electron chi connectivity index (χ2n) is 3.94. The van der Waals surface area contributed by atoms with Crippen LogP contribution in [0.2, 0.25) is 0 Å². The van der Waals surface area contributed by atoms with Crippen LogP contribution >= 0.6 is 35.7 Å². The van der Waals surface area contributed by atoms with E-state index < -0.39 is 0 Å². The van der Waals surface area contributed by atoms with Crippen LogP contribution in [0, 0.1) is 0 Å². The first-order valence-electron chi connectivity index (χ1n) is 5.84. The highest BCUT2D eigenvalue weighted by molar-refractivity contribution is 14.0. The Labute approximate surface area is 121 Å². The third kappa shape index (κ3) is 5.61. The zero-order valence-electron chi connectivity index (χ0n) is 10.5. The van der Waals surface area contributed by atoms with Crippen LogP contribution in [0.5, 0.6) is 0 Å². The molecule has 1 heterocycles. The van der Waals surface area contributed by atoms with Gasteiger partial charge < -0.3 is 10.2 Å². The van der Waals surface area contributed by atoms with Crippen molar-refractivity contribution >= 4 is 41.7 Å². The van der Waals surface area contributed by atoms with Crippen LogP contribution in [0.25, 0.3) is 0 Å². The van der Waals surface area contributed by atoms with Crippen molar-refractivity contribution in [2.75, 3.05) is 32.4 Å². The van der Waals surface area contributed by atoms with Gasteiger partial charge in [0, 0.05) is 24.9 Å². The van der Waals surface area contributed by atoms with Crippen molar-refractivity contribution in [3.8, 4) is 0 Å². The van der Waals surface area contributed by atoms with Crippen molar-refractivity contribution < 1.29 is 0 Å². The van der Waals surface area contributed by atoms with Gasteiger partial charge in [0.25, 0.3) is 0 Å². The minimum absolute atomic E-state index is 0. The first-order valence-corrected chi connectivity index (χ1v) is 7.12. The van der Waals surface area contributed by atoms with Crippen LogP contribution in [-0.2, 0) is 0 Å². The van der Waals surface area contributed by atoms with Gasteiger partial charge in [-0.05, 0) is 26.0 Å². The molecule has 3 nitrogen and oxygen atoms in total. The lowest BCUT2D eigenvalue weighted by atomic mass is 10.4. The van der Waals surface area contributed by atoms with Crippen LogP contribution in [-0.4, -0.2) is 48.5 Å². The molecule has 16 heavy (non-hydrogen) atoms. The smallest absolute Gasteiger partial charge is 0.193 e. The van der Waals surface area contributed by atoms with E-state index >= 15 is 0 Å². The van der Waals surface area contributed by atoms with E-state index in [-0.39, 0.29) is 24.0 Å². The van der Waals surface area contributed by atoms with Crippen LogP contribution in [0.4, 0.5) is 0 Å². The van der Waals surface area contributed by atoms with Crippen molar-refractivity contribution in [1.29, 1.82) is 0 Å². The predicted octanol–water partition coefficient (Wildman–Crippen LogP) is 2.42. The number of hydrogen-bond acceptors (Lipinski definition) is 2. The third-order valence-electron chi connectivity index (χ3n) is 2.64. The number of likely N-dealkylation sites (tertiary alicyclic amines) is 1. The summed E-state index contributed by atoms with van der Waals surface area (Å²) >= 11 is 1.87. The molecule has 5 heteroatoms. The van der Waals surface area contributed by atoms with Gasteiger partial charge in [-0.1, -0.05) is 6.92 Å². The summed E-state index contributed by atoms with van der Waals surface area (Å²) in [6.45, 7) is 8.56. The number of halogens is 1. The third-order valence-corrected chi connectivity index (χ3v) is 3.59. The fraction of sp³-hybridized carbons (Fsp3) is 0.909. The zero-order chi connectivity index (χ0) is 11.1. The second-order valence-corrected chi connectivity index (χ2v) is 5.21. The Hall–Kier alpha value is 0.350. The predicted molar refractivity (Wildman–Crippen MR) is 85.2 cm³/mol. The van der Waals surface area contributed by atoms with Crippen LogP contribution < -0.4 is 5.32 Å². The average molecular weight is 357 g/mol. The Morgan fingerprint density at radius 1 is 1.44 bits per heavy atom. The van der Waals surface area contributed by atoms with Gasteiger partial charge in [0.1, 0.15) is 0 Å². The zero-order valence-corrected chi connectivity index (χ0v) is 13.7. The minimum Gasteiger partial charge on any atom is -0.357 e. The molecule has 0 spiro atoms. The molecule has 0 aliphatic carbocycles. The average Bonchev–Trinajstić information content (AvgIpc) is 2.76. The fourth-order valence-electron chi connectivity index (χ4n) is 1.64. The molecular weight excluding hydrogens is 333 g/mol. The first-order chi connectivity index (χ1) is 7.27. The van der Waals surface area contributed by atoms with E-state index in [9.17, 15) is 0 Å². The van der Waals surface area contributed by atoms with E-state index in [1.807, 2.05) is 11.8 Å². The minimum atomic E-state index is 0. The van der Waals surface area contributed by atoms with Crippen LogP contribution in [0.15, 0.2) is 4.99 Å². The molecule has 1 unspecified atom stereocenters. The standard InChI is InChI=1S/C11H23N3S.HI/c1-4-12-11(13-9-10(2)15-3)14-7-5-6-8-14;/h10H,4-9H2,1-3H3,(H,12,13);1H. The lowest BCUT2D eigenvalue weighted by Crippen LogP contribution is -2.39. The van der Waals surface area contributed by atoms with Crippen molar-refractivity contribution in [3.05, 3.63) is 0 Å². The summed E-state index contributed by atoms with van der Waals surface area (Å²) in [5, 5.41) is 3.98. The summed E-state index contributed by atoms with van der Waals surface area (Å²) in [6, 6.07) is 0. The van der Waals surface area contributed by atoms with E-state index in [1.54, 1.807) is 0 Å². The van der Waals surface area contributed by atoms with Gasteiger partial charge in [-0.2, -0.15) is 11.8 Å². The number of aliphatic imine (C=N–C) groups is 1. The fourth-order valence-corrected chi connectivity index (χ4v) is 1.87. The SMILES string of the molecule is CCNC(=NCC(C)SC)N1CCCC1.I. The van der Waals surface area contributed by atoms with Gasteiger partial charge in [-0.3, -0.25) is 4.99 Å². The Morgan fingerprint density at radius 3 is 2.56 bits per heavy atom. The summed E-state index contributed by atoms with van der Waals surface area (Å²) in [7, 11) is 0. The summed E-state index contributed by atoms with van der Waals surface area (Å²) in [5.74, 6) is 1.11. The lowest BCUT2D eigenvalue weighted by molar-refractivity contribution is 0.494. The Morgan fingerprint density at radius 2 is 2.06 bits per heavy atom. The molecule has 0 aromatic heterocycles. The van der Waals surface area contributed by atoms with Gasteiger partial charge in [-0.25, -0.2) is 0 Å². The highest BCUT2D eigenvalue weighted by Crippen LogP contribution is 2.09.